The highest BCUT2D eigenvalue weighted by atomic mass is 32.2. The number of ether oxygens (including phenoxy) is 1. The topological polar surface area (TPSA) is 96.0 Å². The number of hydrogen-bond acceptors (Lipinski definition) is 6. The lowest BCUT2D eigenvalue weighted by atomic mass is 9.92. The van der Waals surface area contributed by atoms with Crippen molar-refractivity contribution < 1.29 is 22.7 Å². The molecule has 0 spiro atoms. The average molecular weight is 552 g/mol. The van der Waals surface area contributed by atoms with Crippen LogP contribution in [0.3, 0.4) is 0 Å². The minimum absolute atomic E-state index is 0.0528. The van der Waals surface area contributed by atoms with Gasteiger partial charge in [-0.05, 0) is 69.1 Å². The number of sulfonamides is 1. The van der Waals surface area contributed by atoms with Gasteiger partial charge in [0.2, 0.25) is 5.91 Å². The molecule has 8 nitrogen and oxygen atoms in total. The van der Waals surface area contributed by atoms with Gasteiger partial charge in [-0.2, -0.15) is 0 Å². The summed E-state index contributed by atoms with van der Waals surface area (Å²) in [6, 6.07) is 20.1. The molecule has 3 aromatic carbocycles. The summed E-state index contributed by atoms with van der Waals surface area (Å²) in [6.45, 7) is 10.3. The number of piperazine rings is 1. The van der Waals surface area contributed by atoms with Crippen LogP contribution >= 0.6 is 0 Å². The Kier molecular flexibility index (Phi) is 8.61. The van der Waals surface area contributed by atoms with Crippen molar-refractivity contribution in [1.29, 1.82) is 0 Å². The van der Waals surface area contributed by atoms with Gasteiger partial charge >= 0.3 is 6.09 Å². The van der Waals surface area contributed by atoms with Crippen molar-refractivity contribution in [1.82, 2.24) is 14.5 Å². The molecule has 208 valence electrons. The maximum atomic E-state index is 13.5. The van der Waals surface area contributed by atoms with Crippen LogP contribution in [0.15, 0.2) is 71.6 Å². The number of nitrogens with zero attached hydrogens (tertiary/aromatic N) is 2. The maximum Gasteiger partial charge on any atom is 0.410 e. The van der Waals surface area contributed by atoms with Crippen molar-refractivity contribution in [2.24, 2.45) is 0 Å². The lowest BCUT2D eigenvalue weighted by molar-refractivity contribution is -0.121. The zero-order valence-corrected chi connectivity index (χ0v) is 23.8. The first kappa shape index (κ1) is 28.6. The second-order valence-corrected chi connectivity index (χ2v) is 12.7. The molecule has 3 aromatic rings. The maximum absolute atomic E-state index is 13.5. The Morgan fingerprint density at radius 3 is 2.21 bits per heavy atom. The van der Waals surface area contributed by atoms with E-state index in [9.17, 15) is 18.0 Å². The lowest BCUT2D eigenvalue weighted by Gasteiger charge is -2.36. The fraction of sp³-hybridized carbons (Fsp3) is 0.400. The quantitative estimate of drug-likeness (QED) is 0.458. The van der Waals surface area contributed by atoms with Gasteiger partial charge in [0.25, 0.3) is 10.0 Å². The number of hydrogen-bond donors (Lipinski definition) is 1. The summed E-state index contributed by atoms with van der Waals surface area (Å²) in [5.74, 6) is -1.23. The first-order valence-electron chi connectivity index (χ1n) is 13.2. The Morgan fingerprint density at radius 1 is 0.923 bits per heavy atom. The van der Waals surface area contributed by atoms with Gasteiger partial charge in [-0.3, -0.25) is 9.69 Å². The van der Waals surface area contributed by atoms with Gasteiger partial charge < -0.3 is 9.64 Å². The Balaban J connectivity index is 1.48. The van der Waals surface area contributed by atoms with Crippen molar-refractivity contribution in [3.8, 4) is 0 Å². The fourth-order valence-electron chi connectivity index (χ4n) is 4.65. The van der Waals surface area contributed by atoms with Gasteiger partial charge in [0.05, 0.1) is 10.8 Å². The minimum atomic E-state index is -4.02. The van der Waals surface area contributed by atoms with Crippen LogP contribution in [-0.4, -0.2) is 68.5 Å². The number of amides is 2. The molecule has 0 aliphatic carbocycles. The van der Waals surface area contributed by atoms with Gasteiger partial charge in [-0.1, -0.05) is 60.2 Å². The number of rotatable bonds is 7. The Bertz CT molecular complexity index is 1420. The van der Waals surface area contributed by atoms with Crippen LogP contribution in [0.2, 0.25) is 0 Å². The molecule has 0 saturated carbocycles. The second kappa shape index (κ2) is 11.8. The van der Waals surface area contributed by atoms with Gasteiger partial charge in [0.15, 0.2) is 0 Å². The molecule has 0 aromatic heterocycles. The van der Waals surface area contributed by atoms with E-state index in [2.05, 4.69) is 9.62 Å². The number of aryl methyl sites for hydroxylation is 1. The summed E-state index contributed by atoms with van der Waals surface area (Å²) in [4.78, 5) is 29.9. The first-order valence-corrected chi connectivity index (χ1v) is 14.7. The van der Waals surface area contributed by atoms with Crippen molar-refractivity contribution in [3.63, 3.8) is 0 Å². The van der Waals surface area contributed by atoms with Crippen molar-refractivity contribution in [2.75, 3.05) is 32.7 Å². The van der Waals surface area contributed by atoms with E-state index in [-0.39, 0.29) is 11.0 Å². The zero-order valence-electron chi connectivity index (χ0n) is 23.0. The highest BCUT2D eigenvalue weighted by Gasteiger charge is 2.29. The largest absolute Gasteiger partial charge is 0.444 e. The van der Waals surface area contributed by atoms with Gasteiger partial charge in [0.1, 0.15) is 5.60 Å². The SMILES string of the molecule is Cc1ccc(S(=O)(=O)NC(=O)C(CCN2CCN(C(=O)OC(C)(C)C)CC2)c2ccc3ccccc3c2)cc1. The predicted molar refractivity (Wildman–Crippen MR) is 152 cm³/mol. The highest BCUT2D eigenvalue weighted by Crippen LogP contribution is 2.26. The summed E-state index contributed by atoms with van der Waals surface area (Å²) in [5.41, 5.74) is 1.15. The third-order valence-electron chi connectivity index (χ3n) is 6.82. The number of nitrogens with one attached hydrogen (secondary N) is 1. The van der Waals surface area contributed by atoms with Crippen molar-refractivity contribution in [3.05, 3.63) is 77.9 Å². The normalized spacial score (nSPS) is 15.6. The molecule has 1 atom stereocenters. The van der Waals surface area contributed by atoms with Crippen molar-refractivity contribution >= 4 is 32.8 Å². The van der Waals surface area contributed by atoms with Gasteiger partial charge in [0, 0.05) is 26.2 Å². The van der Waals surface area contributed by atoms with Crippen LogP contribution in [0.4, 0.5) is 4.79 Å². The van der Waals surface area contributed by atoms with E-state index < -0.39 is 27.4 Å². The number of carbonyl (C=O) groups is 2. The molecule has 1 aliphatic heterocycles. The number of carbonyl (C=O) groups excluding carboxylic acids is 2. The van der Waals surface area contributed by atoms with Crippen LogP contribution in [0.25, 0.3) is 10.8 Å². The molecule has 4 rings (SSSR count). The van der Waals surface area contributed by atoms with Crippen LogP contribution < -0.4 is 4.72 Å². The molecular formula is C30H37N3O5S. The number of benzene rings is 3. The third-order valence-corrected chi connectivity index (χ3v) is 8.18. The summed E-state index contributed by atoms with van der Waals surface area (Å²) >= 11 is 0. The van der Waals surface area contributed by atoms with Crippen LogP contribution in [0.1, 0.15) is 44.2 Å². The average Bonchev–Trinajstić information content (AvgIpc) is 2.88. The minimum Gasteiger partial charge on any atom is -0.444 e. The Morgan fingerprint density at radius 2 is 1.56 bits per heavy atom. The smallest absolute Gasteiger partial charge is 0.410 e. The van der Waals surface area contributed by atoms with E-state index in [0.29, 0.717) is 39.1 Å². The van der Waals surface area contributed by atoms with E-state index in [1.54, 1.807) is 17.0 Å². The van der Waals surface area contributed by atoms with E-state index >= 15 is 0 Å². The number of fused-ring (bicyclic) bond motifs is 1. The van der Waals surface area contributed by atoms with Crippen molar-refractivity contribution in [2.45, 2.75) is 50.5 Å². The van der Waals surface area contributed by atoms with Crippen LogP contribution in [-0.2, 0) is 19.6 Å². The second-order valence-electron chi connectivity index (χ2n) is 11.0. The molecule has 2 amide bonds. The Hall–Kier alpha value is -3.43. The molecule has 1 aliphatic rings. The molecule has 1 saturated heterocycles. The van der Waals surface area contributed by atoms with E-state index in [1.165, 1.54) is 12.1 Å². The molecular weight excluding hydrogens is 514 g/mol. The molecule has 39 heavy (non-hydrogen) atoms. The third kappa shape index (κ3) is 7.58. The summed E-state index contributed by atoms with van der Waals surface area (Å²) < 4.78 is 33.8. The first-order chi connectivity index (χ1) is 18.4. The van der Waals surface area contributed by atoms with E-state index in [0.717, 1.165) is 21.9 Å². The molecule has 1 heterocycles. The molecule has 0 radical (unpaired) electrons. The monoisotopic (exact) mass is 551 g/mol. The summed E-state index contributed by atoms with van der Waals surface area (Å²) in [5, 5.41) is 2.03. The van der Waals surface area contributed by atoms with Crippen LogP contribution in [0, 0.1) is 6.92 Å². The summed E-state index contributed by atoms with van der Waals surface area (Å²) in [6.07, 6.45) is 0.108. The van der Waals surface area contributed by atoms with Gasteiger partial charge in [-0.25, -0.2) is 17.9 Å². The summed E-state index contributed by atoms with van der Waals surface area (Å²) in [7, 11) is -4.02. The zero-order chi connectivity index (χ0) is 28.2. The molecule has 9 heteroatoms. The molecule has 1 N–H and O–H groups in total. The fourth-order valence-corrected chi connectivity index (χ4v) is 5.67. The van der Waals surface area contributed by atoms with E-state index in [1.807, 2.05) is 70.2 Å². The van der Waals surface area contributed by atoms with E-state index in [4.69, 9.17) is 4.74 Å². The molecule has 1 fully saturated rings. The molecule has 1 unspecified atom stereocenters. The Labute approximate surface area is 231 Å². The standard InChI is InChI=1S/C30H37N3O5S/c1-22-9-13-26(14-10-22)39(36,37)31-28(34)27(25-12-11-23-7-5-6-8-24(23)21-25)15-16-32-17-19-33(20-18-32)29(35)38-30(2,3)4/h5-14,21,27H,15-20H2,1-4H3,(H,31,34). The predicted octanol–water partition coefficient (Wildman–Crippen LogP) is 4.68. The lowest BCUT2D eigenvalue weighted by Crippen LogP contribution is -2.50. The molecule has 0 bridgehead atoms. The van der Waals surface area contributed by atoms with Gasteiger partial charge in [-0.15, -0.1) is 0 Å². The highest BCUT2D eigenvalue weighted by molar-refractivity contribution is 7.90. The van der Waals surface area contributed by atoms with Crippen LogP contribution in [0.5, 0.6) is 0 Å².